The van der Waals surface area contributed by atoms with Crippen LogP contribution in [0.1, 0.15) is 24.4 Å². The van der Waals surface area contributed by atoms with Crippen LogP contribution in [0, 0.1) is 18.7 Å². The fourth-order valence-corrected chi connectivity index (χ4v) is 5.19. The van der Waals surface area contributed by atoms with Crippen LogP contribution in [0.2, 0.25) is 0 Å². The zero-order valence-electron chi connectivity index (χ0n) is 21.4. The number of carbonyl (C=O) groups excluding carboxylic acids is 1. The highest BCUT2D eigenvalue weighted by Gasteiger charge is 2.26. The van der Waals surface area contributed by atoms with Crippen molar-refractivity contribution in [3.63, 3.8) is 0 Å². The number of hydrogen-bond acceptors (Lipinski definition) is 6. The lowest BCUT2D eigenvalue weighted by atomic mass is 9.90. The summed E-state index contributed by atoms with van der Waals surface area (Å²) >= 11 is 0. The van der Waals surface area contributed by atoms with Gasteiger partial charge >= 0.3 is 0 Å². The maximum absolute atomic E-state index is 13.5. The van der Waals surface area contributed by atoms with E-state index in [0.29, 0.717) is 12.1 Å². The molecule has 9 heteroatoms. The average molecular weight is 510 g/mol. The first-order valence-electron chi connectivity index (χ1n) is 12.8. The summed E-state index contributed by atoms with van der Waals surface area (Å²) in [6.45, 7) is 3.64. The SMILES string of the molecule is Cc1nc(-c2ccc(F)cc2)c(-c2ccc3nc(CC(=O)C4CCN(c5ccncc5)CC4)cn3n2)n1C. The number of carbonyl (C=O) groups is 1. The molecule has 0 bridgehead atoms. The van der Waals surface area contributed by atoms with Crippen LogP contribution in [0.25, 0.3) is 28.3 Å². The molecule has 0 aliphatic carbocycles. The van der Waals surface area contributed by atoms with Gasteiger partial charge in [-0.25, -0.2) is 18.9 Å². The van der Waals surface area contributed by atoms with Gasteiger partial charge in [0.25, 0.3) is 0 Å². The van der Waals surface area contributed by atoms with Gasteiger partial charge in [0.15, 0.2) is 5.65 Å². The summed E-state index contributed by atoms with van der Waals surface area (Å²) in [6, 6.07) is 14.1. The Balaban J connectivity index is 1.20. The number of aryl methyl sites for hydroxylation is 1. The van der Waals surface area contributed by atoms with E-state index in [0.717, 1.165) is 65.8 Å². The molecule has 38 heavy (non-hydrogen) atoms. The van der Waals surface area contributed by atoms with Crippen LogP contribution in [-0.4, -0.2) is 48.0 Å². The maximum atomic E-state index is 13.5. The number of aromatic nitrogens is 6. The molecule has 4 aromatic heterocycles. The number of imidazole rings is 2. The van der Waals surface area contributed by atoms with Crippen molar-refractivity contribution in [3.05, 3.63) is 84.5 Å². The number of halogens is 1. The van der Waals surface area contributed by atoms with E-state index in [-0.39, 0.29) is 17.5 Å². The third kappa shape index (κ3) is 4.55. The van der Waals surface area contributed by atoms with Crippen LogP contribution in [0.4, 0.5) is 10.1 Å². The van der Waals surface area contributed by atoms with Crippen LogP contribution in [0.15, 0.2) is 67.1 Å². The van der Waals surface area contributed by atoms with Crippen molar-refractivity contribution in [1.29, 1.82) is 0 Å². The third-order valence-electron chi connectivity index (χ3n) is 7.38. The van der Waals surface area contributed by atoms with E-state index in [1.807, 2.05) is 49.0 Å². The molecule has 1 saturated heterocycles. The van der Waals surface area contributed by atoms with Gasteiger partial charge < -0.3 is 9.47 Å². The number of nitrogens with zero attached hydrogens (tertiary/aromatic N) is 7. The molecule has 1 fully saturated rings. The molecular weight excluding hydrogens is 481 g/mol. The summed E-state index contributed by atoms with van der Waals surface area (Å²) in [7, 11) is 1.94. The van der Waals surface area contributed by atoms with Gasteiger partial charge in [0.1, 0.15) is 23.1 Å². The Morgan fingerprint density at radius 2 is 1.74 bits per heavy atom. The fourth-order valence-electron chi connectivity index (χ4n) is 5.19. The molecule has 5 heterocycles. The molecule has 0 unspecified atom stereocenters. The highest BCUT2D eigenvalue weighted by molar-refractivity contribution is 5.83. The summed E-state index contributed by atoms with van der Waals surface area (Å²) in [6.07, 6.45) is 7.41. The van der Waals surface area contributed by atoms with E-state index >= 15 is 0 Å². The van der Waals surface area contributed by atoms with E-state index < -0.39 is 0 Å². The number of anilines is 1. The molecule has 0 radical (unpaired) electrons. The van der Waals surface area contributed by atoms with E-state index in [2.05, 4.69) is 14.9 Å². The van der Waals surface area contributed by atoms with Gasteiger partial charge in [0.05, 0.1) is 29.7 Å². The quantitative estimate of drug-likeness (QED) is 0.331. The first-order valence-corrected chi connectivity index (χ1v) is 12.8. The lowest BCUT2D eigenvalue weighted by Gasteiger charge is -2.32. The Morgan fingerprint density at radius 1 is 1.00 bits per heavy atom. The van der Waals surface area contributed by atoms with Gasteiger partial charge in [-0.05, 0) is 68.3 Å². The topological polar surface area (TPSA) is 81.2 Å². The molecule has 1 aliphatic heterocycles. The van der Waals surface area contributed by atoms with Gasteiger partial charge in [-0.3, -0.25) is 9.78 Å². The summed E-state index contributed by atoms with van der Waals surface area (Å²) < 4.78 is 17.2. The van der Waals surface area contributed by atoms with Gasteiger partial charge in [-0.1, -0.05) is 0 Å². The highest BCUT2D eigenvalue weighted by Crippen LogP contribution is 2.31. The highest BCUT2D eigenvalue weighted by atomic mass is 19.1. The van der Waals surface area contributed by atoms with Crippen molar-refractivity contribution < 1.29 is 9.18 Å². The van der Waals surface area contributed by atoms with Crippen molar-refractivity contribution in [2.24, 2.45) is 13.0 Å². The molecule has 1 aromatic carbocycles. The molecule has 0 N–H and O–H groups in total. The van der Waals surface area contributed by atoms with Gasteiger partial charge in [0.2, 0.25) is 0 Å². The van der Waals surface area contributed by atoms with Crippen LogP contribution in [-0.2, 0) is 18.3 Å². The number of benzene rings is 1. The molecule has 8 nitrogen and oxygen atoms in total. The van der Waals surface area contributed by atoms with Crippen LogP contribution < -0.4 is 4.90 Å². The Hall–Kier alpha value is -4.40. The zero-order valence-corrected chi connectivity index (χ0v) is 21.4. The molecular formula is C29H28FN7O. The molecule has 0 spiro atoms. The average Bonchev–Trinajstić information content (AvgIpc) is 3.48. The van der Waals surface area contributed by atoms with Crippen LogP contribution in [0.3, 0.4) is 0 Å². The molecule has 0 atom stereocenters. The second kappa shape index (κ2) is 9.81. The molecule has 0 amide bonds. The first kappa shape index (κ1) is 24.0. The van der Waals surface area contributed by atoms with Gasteiger partial charge in [0, 0.05) is 49.7 Å². The molecule has 0 saturated carbocycles. The summed E-state index contributed by atoms with van der Waals surface area (Å²) in [5, 5.41) is 4.80. The van der Waals surface area contributed by atoms with Gasteiger partial charge in [-0.15, -0.1) is 0 Å². The van der Waals surface area contributed by atoms with E-state index in [1.165, 1.54) is 12.1 Å². The number of fused-ring (bicyclic) bond motifs is 1. The standard InChI is InChI=1S/C29H28FN7O/c1-19-32-28(21-3-5-22(30)6-4-21)29(35(19)2)25-7-8-27-33-23(18-37(27)34-25)17-26(38)20-11-15-36(16-12-20)24-9-13-31-14-10-24/h3-10,13-14,18,20H,11-12,15-17H2,1-2H3. The molecule has 192 valence electrons. The molecule has 6 rings (SSSR count). The normalized spacial score (nSPS) is 14.3. The van der Waals surface area contributed by atoms with Crippen molar-refractivity contribution in [3.8, 4) is 22.6 Å². The number of rotatable bonds is 6. The number of pyridine rings is 1. The Morgan fingerprint density at radius 3 is 2.47 bits per heavy atom. The zero-order chi connectivity index (χ0) is 26.2. The van der Waals surface area contributed by atoms with Crippen molar-refractivity contribution in [1.82, 2.24) is 29.1 Å². The Labute approximate surface area is 219 Å². The first-order chi connectivity index (χ1) is 18.5. The van der Waals surface area contributed by atoms with E-state index in [1.54, 1.807) is 29.0 Å². The smallest absolute Gasteiger partial charge is 0.153 e. The second-order valence-corrected chi connectivity index (χ2v) is 9.79. The Bertz CT molecular complexity index is 1600. The van der Waals surface area contributed by atoms with Crippen molar-refractivity contribution in [2.75, 3.05) is 18.0 Å². The minimum atomic E-state index is -0.290. The monoisotopic (exact) mass is 509 g/mol. The summed E-state index contributed by atoms with van der Waals surface area (Å²) in [4.78, 5) is 28.9. The number of piperidine rings is 1. The number of Topliss-reactive ketones (excluding diaryl/α,β-unsaturated/α-hetero) is 1. The van der Waals surface area contributed by atoms with Crippen molar-refractivity contribution >= 4 is 17.1 Å². The van der Waals surface area contributed by atoms with Gasteiger partial charge in [-0.2, -0.15) is 5.10 Å². The predicted octanol–water partition coefficient (Wildman–Crippen LogP) is 4.67. The minimum Gasteiger partial charge on any atom is -0.371 e. The fraction of sp³-hybridized carbons (Fsp3) is 0.276. The van der Waals surface area contributed by atoms with Crippen LogP contribution >= 0.6 is 0 Å². The second-order valence-electron chi connectivity index (χ2n) is 9.79. The van der Waals surface area contributed by atoms with E-state index in [4.69, 9.17) is 10.1 Å². The number of hydrogen-bond donors (Lipinski definition) is 0. The molecule has 1 aliphatic rings. The lowest BCUT2D eigenvalue weighted by molar-refractivity contribution is -0.122. The maximum Gasteiger partial charge on any atom is 0.153 e. The molecule has 5 aromatic rings. The Kier molecular flexibility index (Phi) is 6.19. The minimum absolute atomic E-state index is 0.0390. The van der Waals surface area contributed by atoms with Crippen molar-refractivity contribution in [2.45, 2.75) is 26.2 Å². The largest absolute Gasteiger partial charge is 0.371 e. The predicted molar refractivity (Wildman–Crippen MR) is 143 cm³/mol. The lowest BCUT2D eigenvalue weighted by Crippen LogP contribution is -2.36. The van der Waals surface area contributed by atoms with E-state index in [9.17, 15) is 9.18 Å². The van der Waals surface area contributed by atoms with Crippen LogP contribution in [0.5, 0.6) is 0 Å². The number of ketones is 1. The summed E-state index contributed by atoms with van der Waals surface area (Å²) in [5.41, 5.74) is 5.67. The third-order valence-corrected chi connectivity index (χ3v) is 7.38. The summed E-state index contributed by atoms with van der Waals surface area (Å²) in [5.74, 6) is 0.802.